The van der Waals surface area contributed by atoms with Crippen molar-refractivity contribution in [3.63, 3.8) is 0 Å². The molecule has 0 radical (unpaired) electrons. The largest absolute Gasteiger partial charge is 0.384 e. The first-order valence-electron chi connectivity index (χ1n) is 8.75. The molecule has 5 nitrogen and oxygen atoms in total. The average molecular weight is 331 g/mol. The number of benzene rings is 1. The molecular weight excluding hydrogens is 310 g/mol. The van der Waals surface area contributed by atoms with E-state index in [1.165, 1.54) is 16.5 Å². The number of aromatic nitrogens is 4. The third-order valence-electron chi connectivity index (χ3n) is 5.48. The highest BCUT2D eigenvalue weighted by Crippen LogP contribution is 2.42. The lowest BCUT2D eigenvalue weighted by Gasteiger charge is -2.32. The van der Waals surface area contributed by atoms with Gasteiger partial charge in [0.2, 0.25) is 0 Å². The Kier molecular flexibility index (Phi) is 2.82. The Morgan fingerprint density at radius 1 is 1.16 bits per heavy atom. The molecule has 0 aliphatic heterocycles. The smallest absolute Gasteiger partial charge is 0.183 e. The van der Waals surface area contributed by atoms with E-state index in [9.17, 15) is 0 Å². The van der Waals surface area contributed by atoms with Gasteiger partial charge in [-0.2, -0.15) is 5.10 Å². The summed E-state index contributed by atoms with van der Waals surface area (Å²) in [5, 5.41) is 9.48. The average Bonchev–Trinajstić information content (AvgIpc) is 3.19. The molecule has 0 spiro atoms. The van der Waals surface area contributed by atoms with Crippen molar-refractivity contribution in [3.05, 3.63) is 41.6 Å². The van der Waals surface area contributed by atoms with Crippen molar-refractivity contribution in [2.75, 3.05) is 5.73 Å². The number of rotatable bonds is 1. The lowest BCUT2D eigenvalue weighted by molar-refractivity contribution is 0.317. The van der Waals surface area contributed by atoms with Crippen LogP contribution in [0, 0.1) is 5.41 Å². The van der Waals surface area contributed by atoms with E-state index in [1.807, 2.05) is 6.20 Å². The first-order chi connectivity index (χ1) is 12.0. The van der Waals surface area contributed by atoms with E-state index in [2.05, 4.69) is 53.3 Å². The second kappa shape index (κ2) is 4.85. The molecule has 1 aromatic carbocycles. The monoisotopic (exact) mass is 331 g/mol. The van der Waals surface area contributed by atoms with Gasteiger partial charge in [-0.3, -0.25) is 5.10 Å². The van der Waals surface area contributed by atoms with Gasteiger partial charge in [0.25, 0.3) is 0 Å². The third-order valence-corrected chi connectivity index (χ3v) is 5.48. The first-order valence-corrected chi connectivity index (χ1v) is 8.75. The van der Waals surface area contributed by atoms with Crippen LogP contribution in [0.1, 0.15) is 31.4 Å². The summed E-state index contributed by atoms with van der Waals surface area (Å²) in [4.78, 5) is 8.18. The van der Waals surface area contributed by atoms with Crippen LogP contribution in [0.5, 0.6) is 0 Å². The van der Waals surface area contributed by atoms with E-state index in [0.29, 0.717) is 5.82 Å². The Bertz CT molecular complexity index is 1120. The van der Waals surface area contributed by atoms with E-state index in [-0.39, 0.29) is 5.41 Å². The van der Waals surface area contributed by atoms with Crippen LogP contribution < -0.4 is 5.73 Å². The lowest BCUT2D eigenvalue weighted by Crippen LogP contribution is -2.23. The van der Waals surface area contributed by atoms with Crippen molar-refractivity contribution in [1.82, 2.24) is 20.2 Å². The Hall–Kier alpha value is -2.82. The maximum absolute atomic E-state index is 6.18. The summed E-state index contributed by atoms with van der Waals surface area (Å²) in [6.45, 7) is 4.65. The minimum Gasteiger partial charge on any atom is -0.384 e. The molecule has 0 saturated carbocycles. The van der Waals surface area contributed by atoms with E-state index in [4.69, 9.17) is 10.7 Å². The lowest BCUT2D eigenvalue weighted by atomic mass is 9.73. The number of fused-ring (bicyclic) bond motifs is 4. The minimum atomic E-state index is 0.270. The number of nitrogen functional groups attached to an aromatic ring is 1. The normalized spacial score (nSPS) is 16.4. The molecule has 4 aromatic rings. The number of hydrogen-bond donors (Lipinski definition) is 3. The molecule has 0 amide bonds. The van der Waals surface area contributed by atoms with Gasteiger partial charge < -0.3 is 10.7 Å². The molecule has 126 valence electrons. The number of anilines is 1. The summed E-state index contributed by atoms with van der Waals surface area (Å²) in [5.74, 6) is 0.628. The molecule has 4 N–H and O–H groups in total. The second-order valence-electron chi connectivity index (χ2n) is 7.87. The number of nitrogens with zero attached hydrogens (tertiary/aromatic N) is 2. The Morgan fingerprint density at radius 2 is 2.04 bits per heavy atom. The van der Waals surface area contributed by atoms with E-state index in [0.717, 1.165) is 47.1 Å². The van der Waals surface area contributed by atoms with E-state index < -0.39 is 0 Å². The minimum absolute atomic E-state index is 0.270. The number of nitrogens with one attached hydrogen (secondary N) is 2. The molecule has 0 atom stereocenters. The fourth-order valence-corrected chi connectivity index (χ4v) is 4.12. The van der Waals surface area contributed by atoms with Gasteiger partial charge in [0, 0.05) is 17.3 Å². The maximum Gasteiger partial charge on any atom is 0.183 e. The fourth-order valence-electron chi connectivity index (χ4n) is 4.12. The molecule has 5 rings (SSSR count). The number of H-pyrrole nitrogens is 2. The number of pyridine rings is 1. The van der Waals surface area contributed by atoms with Crippen molar-refractivity contribution < 1.29 is 0 Å². The van der Waals surface area contributed by atoms with Gasteiger partial charge in [0.1, 0.15) is 5.82 Å². The predicted octanol–water partition coefficient (Wildman–Crippen LogP) is 4.20. The van der Waals surface area contributed by atoms with E-state index in [1.54, 1.807) is 0 Å². The zero-order chi connectivity index (χ0) is 17.2. The maximum atomic E-state index is 6.18. The number of nitrogens with two attached hydrogens (primary N) is 1. The Morgan fingerprint density at radius 3 is 2.92 bits per heavy atom. The van der Waals surface area contributed by atoms with Crippen molar-refractivity contribution in [1.29, 1.82) is 0 Å². The SMILES string of the molecule is CC1(C)CCc2c(-c3ccc4cc[nH]c4c3)nc3n[nH]c(N)c3c2C1. The van der Waals surface area contributed by atoms with Crippen molar-refractivity contribution in [2.24, 2.45) is 5.41 Å². The molecule has 1 aliphatic carbocycles. The summed E-state index contributed by atoms with van der Waals surface area (Å²) in [6, 6.07) is 8.56. The van der Waals surface area contributed by atoms with Crippen molar-refractivity contribution >= 4 is 27.8 Å². The molecule has 5 heteroatoms. The van der Waals surface area contributed by atoms with Gasteiger partial charge in [0.15, 0.2) is 5.65 Å². The highest BCUT2D eigenvalue weighted by Gasteiger charge is 2.30. The second-order valence-corrected chi connectivity index (χ2v) is 7.87. The molecule has 0 bridgehead atoms. The zero-order valence-corrected chi connectivity index (χ0v) is 14.5. The van der Waals surface area contributed by atoms with Gasteiger partial charge in [-0.15, -0.1) is 0 Å². The first kappa shape index (κ1) is 14.5. The molecule has 3 heterocycles. The Balaban J connectivity index is 1.81. The topological polar surface area (TPSA) is 83.4 Å². The van der Waals surface area contributed by atoms with Crippen LogP contribution in [0.2, 0.25) is 0 Å². The molecule has 0 fully saturated rings. The van der Waals surface area contributed by atoms with Crippen LogP contribution in [0.25, 0.3) is 33.2 Å². The van der Waals surface area contributed by atoms with Crippen LogP contribution in [0.4, 0.5) is 5.82 Å². The molecule has 25 heavy (non-hydrogen) atoms. The summed E-state index contributed by atoms with van der Waals surface area (Å²) in [5.41, 5.74) is 13.1. The predicted molar refractivity (Wildman–Crippen MR) is 101 cm³/mol. The van der Waals surface area contributed by atoms with Gasteiger partial charge in [0.05, 0.1) is 11.1 Å². The van der Waals surface area contributed by atoms with Gasteiger partial charge in [-0.05, 0) is 53.3 Å². The highest BCUT2D eigenvalue weighted by molar-refractivity contribution is 5.94. The van der Waals surface area contributed by atoms with Gasteiger partial charge >= 0.3 is 0 Å². The molecule has 1 aliphatic rings. The molecular formula is C20H21N5. The standard InChI is InChI=1S/C20H21N5/c1-20(2)7-5-13-14(10-20)16-18(21)24-25-19(16)23-17(13)12-4-3-11-6-8-22-15(11)9-12/h3-4,6,8-9,22H,5,7,10H2,1-2H3,(H3,21,23,24,25). The van der Waals surface area contributed by atoms with Crippen LogP contribution >= 0.6 is 0 Å². The third kappa shape index (κ3) is 2.15. The summed E-state index contributed by atoms with van der Waals surface area (Å²) >= 11 is 0. The van der Waals surface area contributed by atoms with Gasteiger partial charge in [-0.25, -0.2) is 4.98 Å². The summed E-state index contributed by atoms with van der Waals surface area (Å²) in [7, 11) is 0. The molecule has 0 unspecified atom stereocenters. The zero-order valence-electron chi connectivity index (χ0n) is 14.5. The van der Waals surface area contributed by atoms with Crippen molar-refractivity contribution in [2.45, 2.75) is 33.1 Å². The van der Waals surface area contributed by atoms with Crippen LogP contribution in [-0.2, 0) is 12.8 Å². The van der Waals surface area contributed by atoms with Gasteiger partial charge in [-0.1, -0.05) is 26.0 Å². The highest BCUT2D eigenvalue weighted by atomic mass is 15.2. The summed E-state index contributed by atoms with van der Waals surface area (Å²) < 4.78 is 0. The summed E-state index contributed by atoms with van der Waals surface area (Å²) in [6.07, 6.45) is 5.15. The Labute approximate surface area is 145 Å². The van der Waals surface area contributed by atoms with Crippen molar-refractivity contribution in [3.8, 4) is 11.3 Å². The fraction of sp³-hybridized carbons (Fsp3) is 0.300. The van der Waals surface area contributed by atoms with Crippen LogP contribution in [0.3, 0.4) is 0 Å². The number of aromatic amines is 2. The molecule has 0 saturated heterocycles. The van der Waals surface area contributed by atoms with Crippen LogP contribution in [0.15, 0.2) is 30.5 Å². The van der Waals surface area contributed by atoms with E-state index >= 15 is 0 Å². The quantitative estimate of drug-likeness (QED) is 0.489. The number of hydrogen-bond acceptors (Lipinski definition) is 3. The molecule has 3 aromatic heterocycles. The van der Waals surface area contributed by atoms with Crippen LogP contribution in [-0.4, -0.2) is 20.2 Å².